The number of esters is 1. The fourth-order valence-corrected chi connectivity index (χ4v) is 1.02. The van der Waals surface area contributed by atoms with Crippen LogP contribution in [-0.4, -0.2) is 17.5 Å². The number of hydrogen-bond donors (Lipinski definition) is 0. The molecule has 0 N–H and O–H groups in total. The highest BCUT2D eigenvalue weighted by Gasteiger charge is 1.91. The third kappa shape index (κ3) is 2.51. The minimum absolute atomic E-state index is 0.349. The standard InChI is InChI=1S/C7H7NO2S/c1-10-7(9)3-2-6-4-5-8-11-6/h2-5H,1H3/b3-2+. The van der Waals surface area contributed by atoms with Gasteiger partial charge in [0.15, 0.2) is 0 Å². The van der Waals surface area contributed by atoms with Crippen LogP contribution in [0, 0.1) is 0 Å². The van der Waals surface area contributed by atoms with Gasteiger partial charge in [0.1, 0.15) is 0 Å². The Kier molecular flexibility index (Phi) is 2.80. The van der Waals surface area contributed by atoms with Crippen LogP contribution in [0.25, 0.3) is 6.08 Å². The number of nitrogens with zero attached hydrogens (tertiary/aromatic N) is 1. The summed E-state index contributed by atoms with van der Waals surface area (Å²) in [5.41, 5.74) is 0. The van der Waals surface area contributed by atoms with Crippen LogP contribution < -0.4 is 0 Å². The Morgan fingerprint density at radius 3 is 3.18 bits per heavy atom. The largest absolute Gasteiger partial charge is 0.466 e. The fourth-order valence-electron chi connectivity index (χ4n) is 0.530. The molecule has 0 atom stereocenters. The number of rotatable bonds is 2. The summed E-state index contributed by atoms with van der Waals surface area (Å²) in [6.45, 7) is 0. The van der Waals surface area contributed by atoms with Crippen molar-refractivity contribution in [1.29, 1.82) is 0 Å². The van der Waals surface area contributed by atoms with Crippen molar-refractivity contribution < 1.29 is 9.53 Å². The lowest BCUT2D eigenvalue weighted by Crippen LogP contribution is -1.92. The van der Waals surface area contributed by atoms with Crippen LogP contribution >= 0.6 is 11.5 Å². The Morgan fingerprint density at radius 1 is 1.82 bits per heavy atom. The quantitative estimate of drug-likeness (QED) is 0.495. The fraction of sp³-hybridized carbons (Fsp3) is 0.143. The number of carbonyl (C=O) groups is 1. The Morgan fingerprint density at radius 2 is 2.64 bits per heavy atom. The molecule has 0 fully saturated rings. The lowest BCUT2D eigenvalue weighted by molar-refractivity contribution is -0.134. The zero-order valence-corrected chi connectivity index (χ0v) is 6.80. The molecular formula is C7H7NO2S. The summed E-state index contributed by atoms with van der Waals surface area (Å²) in [5.74, 6) is -0.349. The van der Waals surface area contributed by atoms with Crippen molar-refractivity contribution in [2.75, 3.05) is 7.11 Å². The van der Waals surface area contributed by atoms with Crippen molar-refractivity contribution in [3.63, 3.8) is 0 Å². The van der Waals surface area contributed by atoms with E-state index in [0.29, 0.717) is 0 Å². The number of methoxy groups -OCH3 is 1. The summed E-state index contributed by atoms with van der Waals surface area (Å²) in [6, 6.07) is 1.82. The second-order valence-corrected chi connectivity index (χ2v) is 2.64. The van der Waals surface area contributed by atoms with Gasteiger partial charge in [-0.1, -0.05) is 0 Å². The van der Waals surface area contributed by atoms with Gasteiger partial charge < -0.3 is 4.74 Å². The van der Waals surface area contributed by atoms with Gasteiger partial charge in [0.25, 0.3) is 0 Å². The van der Waals surface area contributed by atoms with Gasteiger partial charge in [0.2, 0.25) is 0 Å². The minimum atomic E-state index is -0.349. The maximum atomic E-state index is 10.6. The van der Waals surface area contributed by atoms with Crippen molar-refractivity contribution in [2.45, 2.75) is 0 Å². The molecule has 1 aromatic heterocycles. The minimum Gasteiger partial charge on any atom is -0.466 e. The van der Waals surface area contributed by atoms with E-state index in [9.17, 15) is 4.79 Å². The first-order valence-corrected chi connectivity index (χ1v) is 3.77. The third-order valence-corrected chi connectivity index (χ3v) is 1.75. The maximum absolute atomic E-state index is 10.6. The summed E-state index contributed by atoms with van der Waals surface area (Å²) >= 11 is 1.33. The molecule has 0 aliphatic heterocycles. The van der Waals surface area contributed by atoms with Gasteiger partial charge in [0, 0.05) is 17.2 Å². The molecule has 0 bridgehead atoms. The molecule has 1 heterocycles. The first-order chi connectivity index (χ1) is 5.33. The molecule has 0 saturated heterocycles. The first-order valence-electron chi connectivity index (χ1n) is 2.99. The average Bonchev–Trinajstić information content (AvgIpc) is 2.52. The summed E-state index contributed by atoms with van der Waals surface area (Å²) in [7, 11) is 1.35. The molecule has 0 spiro atoms. The van der Waals surface area contributed by atoms with E-state index in [4.69, 9.17) is 0 Å². The van der Waals surface area contributed by atoms with Crippen molar-refractivity contribution in [1.82, 2.24) is 4.37 Å². The molecule has 0 radical (unpaired) electrons. The topological polar surface area (TPSA) is 39.2 Å². The smallest absolute Gasteiger partial charge is 0.330 e. The van der Waals surface area contributed by atoms with Crippen LogP contribution in [-0.2, 0) is 9.53 Å². The van der Waals surface area contributed by atoms with E-state index in [-0.39, 0.29) is 5.97 Å². The van der Waals surface area contributed by atoms with E-state index in [2.05, 4.69) is 9.11 Å². The molecular weight excluding hydrogens is 162 g/mol. The van der Waals surface area contributed by atoms with Crippen LogP contribution in [0.5, 0.6) is 0 Å². The monoisotopic (exact) mass is 169 g/mol. The predicted molar refractivity (Wildman–Crippen MR) is 43.2 cm³/mol. The van der Waals surface area contributed by atoms with E-state index in [0.717, 1.165) is 4.88 Å². The van der Waals surface area contributed by atoms with Crippen LogP contribution in [0.2, 0.25) is 0 Å². The van der Waals surface area contributed by atoms with E-state index in [1.54, 1.807) is 12.3 Å². The molecule has 4 heteroatoms. The van der Waals surface area contributed by atoms with Gasteiger partial charge >= 0.3 is 5.97 Å². The highest BCUT2D eigenvalue weighted by molar-refractivity contribution is 7.06. The summed E-state index contributed by atoms with van der Waals surface area (Å²) in [6.07, 6.45) is 4.72. The third-order valence-electron chi connectivity index (χ3n) is 1.04. The van der Waals surface area contributed by atoms with Crippen molar-refractivity contribution in [3.05, 3.63) is 23.2 Å². The molecule has 1 rings (SSSR count). The molecule has 0 saturated carbocycles. The van der Waals surface area contributed by atoms with Gasteiger partial charge in [-0.25, -0.2) is 9.17 Å². The molecule has 11 heavy (non-hydrogen) atoms. The molecule has 0 aliphatic carbocycles. The molecule has 1 aromatic rings. The van der Waals surface area contributed by atoms with Gasteiger partial charge in [-0.3, -0.25) is 0 Å². The van der Waals surface area contributed by atoms with E-state index in [1.807, 2.05) is 6.07 Å². The number of aromatic nitrogens is 1. The Labute approximate surface area is 68.5 Å². The molecule has 0 amide bonds. The second-order valence-electron chi connectivity index (χ2n) is 1.77. The van der Waals surface area contributed by atoms with Crippen molar-refractivity contribution in [3.8, 4) is 0 Å². The number of ether oxygens (including phenoxy) is 1. The van der Waals surface area contributed by atoms with Gasteiger partial charge in [-0.2, -0.15) is 0 Å². The zero-order valence-electron chi connectivity index (χ0n) is 5.98. The van der Waals surface area contributed by atoms with Crippen molar-refractivity contribution >= 4 is 23.6 Å². The van der Waals surface area contributed by atoms with Crippen molar-refractivity contribution in [2.24, 2.45) is 0 Å². The Bertz CT molecular complexity index is 253. The van der Waals surface area contributed by atoms with Crippen LogP contribution in [0.1, 0.15) is 4.88 Å². The molecule has 58 valence electrons. The number of carbonyl (C=O) groups excluding carboxylic acids is 1. The van der Waals surface area contributed by atoms with Crippen LogP contribution in [0.4, 0.5) is 0 Å². The Hall–Kier alpha value is -1.16. The van der Waals surface area contributed by atoms with Crippen LogP contribution in [0.3, 0.4) is 0 Å². The van der Waals surface area contributed by atoms with E-state index >= 15 is 0 Å². The highest BCUT2D eigenvalue weighted by atomic mass is 32.1. The zero-order chi connectivity index (χ0) is 8.10. The van der Waals surface area contributed by atoms with Gasteiger partial charge in [-0.15, -0.1) is 0 Å². The summed E-state index contributed by atoms with van der Waals surface area (Å²) in [5, 5.41) is 0. The highest BCUT2D eigenvalue weighted by Crippen LogP contribution is 2.06. The second kappa shape index (κ2) is 3.88. The Balaban J connectivity index is 2.55. The maximum Gasteiger partial charge on any atom is 0.330 e. The van der Waals surface area contributed by atoms with Crippen LogP contribution in [0.15, 0.2) is 18.3 Å². The normalized spacial score (nSPS) is 10.3. The summed E-state index contributed by atoms with van der Waals surface area (Å²) < 4.78 is 8.27. The predicted octanol–water partition coefficient (Wildman–Crippen LogP) is 1.33. The van der Waals surface area contributed by atoms with Gasteiger partial charge in [-0.05, 0) is 23.7 Å². The molecule has 3 nitrogen and oxygen atoms in total. The van der Waals surface area contributed by atoms with Gasteiger partial charge in [0.05, 0.1) is 7.11 Å². The molecule has 0 aliphatic rings. The van der Waals surface area contributed by atoms with E-state index < -0.39 is 0 Å². The number of hydrogen-bond acceptors (Lipinski definition) is 4. The lowest BCUT2D eigenvalue weighted by atomic mass is 10.4. The molecule has 0 unspecified atom stereocenters. The average molecular weight is 169 g/mol. The molecule has 0 aromatic carbocycles. The first kappa shape index (κ1) is 7.94. The summed E-state index contributed by atoms with van der Waals surface area (Å²) in [4.78, 5) is 11.5. The van der Waals surface area contributed by atoms with E-state index in [1.165, 1.54) is 24.7 Å². The lowest BCUT2D eigenvalue weighted by Gasteiger charge is -1.86. The SMILES string of the molecule is COC(=O)/C=C/c1ccns1.